The van der Waals surface area contributed by atoms with Crippen molar-refractivity contribution in [2.24, 2.45) is 0 Å². The fourth-order valence-electron chi connectivity index (χ4n) is 6.18. The van der Waals surface area contributed by atoms with E-state index in [1.54, 1.807) is 36.4 Å². The number of hydrogen-bond acceptors (Lipinski definition) is 8. The maximum Gasteiger partial charge on any atom is 0.255 e. The summed E-state index contributed by atoms with van der Waals surface area (Å²) in [7, 11) is -0.930. The maximum atomic E-state index is 14.6. The number of carbonyl (C=O) groups excluding carboxylic acids is 1. The Morgan fingerprint density at radius 2 is 1.78 bits per heavy atom. The summed E-state index contributed by atoms with van der Waals surface area (Å²) >= 11 is 0. The fourth-order valence-corrected chi connectivity index (χ4v) is 7.13. The molecular weight excluding hydrogens is 656 g/mol. The summed E-state index contributed by atoms with van der Waals surface area (Å²) in [5.41, 5.74) is 2.77. The molecule has 6 aromatic rings. The van der Waals surface area contributed by atoms with Crippen LogP contribution in [0.4, 0.5) is 14.5 Å². The largest absolute Gasteiger partial charge is 0.496 e. The number of furan rings is 1. The number of benzene rings is 4. The summed E-state index contributed by atoms with van der Waals surface area (Å²) in [6.45, 7) is 0.564. The molecule has 1 N–H and O–H groups in total. The average Bonchev–Trinajstić information content (AvgIpc) is 3.85. The molecule has 1 unspecified atom stereocenters. The molecule has 0 spiro atoms. The van der Waals surface area contributed by atoms with Gasteiger partial charge in [0.1, 0.15) is 28.4 Å². The van der Waals surface area contributed by atoms with E-state index >= 15 is 0 Å². The number of sulfonamides is 1. The summed E-state index contributed by atoms with van der Waals surface area (Å²) in [4.78, 5) is 17.8. The molecule has 0 aliphatic carbocycles. The van der Waals surface area contributed by atoms with Crippen LogP contribution in [0.1, 0.15) is 23.2 Å². The highest BCUT2D eigenvalue weighted by atomic mass is 32.2. The number of rotatable bonds is 9. The minimum absolute atomic E-state index is 0.0403. The van der Waals surface area contributed by atoms with Crippen LogP contribution in [-0.4, -0.2) is 59.0 Å². The molecular formula is C36H31F2N3O7S. The quantitative estimate of drug-likeness (QED) is 0.170. The molecule has 7 rings (SSSR count). The molecule has 2 aromatic heterocycles. The van der Waals surface area contributed by atoms with Crippen LogP contribution >= 0.6 is 0 Å². The normalized spacial score (nSPS) is 14.8. The van der Waals surface area contributed by atoms with E-state index < -0.39 is 27.6 Å². The molecule has 0 bridgehead atoms. The summed E-state index contributed by atoms with van der Waals surface area (Å²) in [6.07, 6.45) is 2.26. The molecule has 1 amide bonds. The van der Waals surface area contributed by atoms with Crippen molar-refractivity contribution < 1.29 is 40.3 Å². The van der Waals surface area contributed by atoms with Crippen molar-refractivity contribution in [3.8, 4) is 39.7 Å². The number of nitrogens with zero attached hydrogens (tertiary/aromatic N) is 2. The van der Waals surface area contributed by atoms with E-state index in [2.05, 4.69) is 10.3 Å². The van der Waals surface area contributed by atoms with Crippen LogP contribution in [0.15, 0.2) is 81.6 Å². The Morgan fingerprint density at radius 3 is 2.45 bits per heavy atom. The van der Waals surface area contributed by atoms with Crippen molar-refractivity contribution in [1.29, 1.82) is 0 Å². The van der Waals surface area contributed by atoms with E-state index in [0.717, 1.165) is 12.7 Å². The number of oxazole rings is 1. The van der Waals surface area contributed by atoms with E-state index in [1.807, 2.05) is 0 Å². The molecule has 1 fully saturated rings. The van der Waals surface area contributed by atoms with Crippen molar-refractivity contribution in [2.45, 2.75) is 18.9 Å². The zero-order valence-electron chi connectivity index (χ0n) is 26.8. The van der Waals surface area contributed by atoms with Gasteiger partial charge in [0.25, 0.3) is 5.91 Å². The SMILES string of the molecule is CNC(=O)c1c(-c2ccc(F)cc2)oc2cc(N(CC3CCCO3)S(C)(=O)=O)c(-c3ccc(OC)c(-c4nc5c(F)cccc5o4)c3)cc12. The Hall–Kier alpha value is -5.27. The van der Waals surface area contributed by atoms with Gasteiger partial charge in [0.15, 0.2) is 11.4 Å². The highest BCUT2D eigenvalue weighted by Crippen LogP contribution is 2.44. The fraction of sp³-hybridized carbons (Fsp3) is 0.222. The number of anilines is 1. The lowest BCUT2D eigenvalue weighted by Crippen LogP contribution is -2.37. The molecule has 13 heteroatoms. The van der Waals surface area contributed by atoms with Gasteiger partial charge in [-0.3, -0.25) is 9.10 Å². The predicted octanol–water partition coefficient (Wildman–Crippen LogP) is 7.17. The van der Waals surface area contributed by atoms with E-state index in [1.165, 1.54) is 54.9 Å². The molecule has 1 aliphatic heterocycles. The summed E-state index contributed by atoms with van der Waals surface area (Å²) in [5.74, 6) is -0.807. The Bertz CT molecular complexity index is 2330. The zero-order chi connectivity index (χ0) is 34.4. The molecule has 1 atom stereocenters. The third-order valence-corrected chi connectivity index (χ3v) is 9.69. The first-order valence-corrected chi connectivity index (χ1v) is 17.3. The maximum absolute atomic E-state index is 14.6. The monoisotopic (exact) mass is 687 g/mol. The molecule has 0 radical (unpaired) electrons. The number of fused-ring (bicyclic) bond motifs is 2. The Kier molecular flexibility index (Phi) is 8.33. The second-order valence-corrected chi connectivity index (χ2v) is 13.6. The zero-order valence-corrected chi connectivity index (χ0v) is 27.6. The highest BCUT2D eigenvalue weighted by molar-refractivity contribution is 7.92. The molecule has 1 saturated heterocycles. The predicted molar refractivity (Wildman–Crippen MR) is 181 cm³/mol. The Labute approximate surface area is 280 Å². The molecule has 10 nitrogen and oxygen atoms in total. The third-order valence-electron chi connectivity index (χ3n) is 8.54. The minimum atomic E-state index is -3.89. The third kappa shape index (κ3) is 6.00. The van der Waals surface area contributed by atoms with Crippen LogP contribution in [0, 0.1) is 11.6 Å². The van der Waals surface area contributed by atoms with Gasteiger partial charge in [0.05, 0.1) is 42.8 Å². The van der Waals surface area contributed by atoms with Crippen LogP contribution < -0.4 is 14.4 Å². The molecule has 4 aromatic carbocycles. The first kappa shape index (κ1) is 32.3. The summed E-state index contributed by atoms with van der Waals surface area (Å²) in [6, 6.07) is 18.3. The molecule has 49 heavy (non-hydrogen) atoms. The number of carbonyl (C=O) groups is 1. The van der Waals surface area contributed by atoms with Gasteiger partial charge >= 0.3 is 0 Å². The minimum Gasteiger partial charge on any atom is -0.496 e. The van der Waals surface area contributed by atoms with Crippen molar-refractivity contribution in [2.75, 3.05) is 37.9 Å². The number of ether oxygens (including phenoxy) is 2. The van der Waals surface area contributed by atoms with Gasteiger partial charge in [0.2, 0.25) is 15.9 Å². The number of nitrogens with one attached hydrogen (secondary N) is 1. The van der Waals surface area contributed by atoms with Crippen molar-refractivity contribution in [3.05, 3.63) is 90.0 Å². The van der Waals surface area contributed by atoms with Gasteiger partial charge in [-0.1, -0.05) is 12.1 Å². The van der Waals surface area contributed by atoms with Crippen molar-refractivity contribution in [3.63, 3.8) is 0 Å². The first-order valence-electron chi connectivity index (χ1n) is 15.5. The molecule has 1 aliphatic rings. The van der Waals surface area contributed by atoms with Gasteiger partial charge < -0.3 is 23.6 Å². The number of para-hydroxylation sites is 1. The number of aromatic nitrogens is 1. The lowest BCUT2D eigenvalue weighted by molar-refractivity contribution is 0.0964. The van der Waals surface area contributed by atoms with Crippen LogP contribution in [0.3, 0.4) is 0 Å². The van der Waals surface area contributed by atoms with E-state index in [4.69, 9.17) is 18.3 Å². The lowest BCUT2D eigenvalue weighted by Gasteiger charge is -2.27. The Balaban J connectivity index is 1.50. The van der Waals surface area contributed by atoms with E-state index in [9.17, 15) is 22.0 Å². The summed E-state index contributed by atoms with van der Waals surface area (Å²) < 4.78 is 80.4. The molecule has 252 valence electrons. The second kappa shape index (κ2) is 12.6. The van der Waals surface area contributed by atoms with Gasteiger partial charge in [-0.15, -0.1) is 0 Å². The average molecular weight is 688 g/mol. The van der Waals surface area contributed by atoms with Gasteiger partial charge in [-0.25, -0.2) is 22.2 Å². The summed E-state index contributed by atoms with van der Waals surface area (Å²) in [5, 5.41) is 3.04. The van der Waals surface area contributed by atoms with Crippen molar-refractivity contribution >= 4 is 43.7 Å². The van der Waals surface area contributed by atoms with Gasteiger partial charge in [-0.2, -0.15) is 0 Å². The smallest absolute Gasteiger partial charge is 0.255 e. The lowest BCUT2D eigenvalue weighted by atomic mass is 9.96. The number of methoxy groups -OCH3 is 1. The first-order chi connectivity index (χ1) is 23.5. The van der Waals surface area contributed by atoms with Gasteiger partial charge in [0, 0.05) is 36.2 Å². The van der Waals surface area contributed by atoms with E-state index in [0.29, 0.717) is 46.4 Å². The topological polar surface area (TPSA) is 124 Å². The van der Waals surface area contributed by atoms with Crippen LogP contribution in [-0.2, 0) is 14.8 Å². The standard InChI is InChI=1S/C36H31F2N3O7S/c1-39-35(42)32-25-17-24(21-11-14-29(45-2)26(16-21)36-40-33-27(38)7-4-8-30(33)48-36)28(41(49(3,43)44)19-23-6-5-15-46-23)18-31(25)47-34(32)20-9-12-22(37)13-10-20/h4,7-14,16-18,23H,5-6,15,19H2,1-3H3,(H,39,42). The van der Waals surface area contributed by atoms with Crippen molar-refractivity contribution in [1.82, 2.24) is 10.3 Å². The van der Waals surface area contributed by atoms with Gasteiger partial charge in [-0.05, 0) is 73.0 Å². The number of halogens is 2. The number of amides is 1. The van der Waals surface area contributed by atoms with Crippen LogP contribution in [0.25, 0.3) is 56.0 Å². The van der Waals surface area contributed by atoms with E-state index in [-0.39, 0.29) is 52.2 Å². The van der Waals surface area contributed by atoms with Crippen LogP contribution in [0.5, 0.6) is 5.75 Å². The number of hydrogen-bond donors (Lipinski definition) is 1. The second-order valence-electron chi connectivity index (χ2n) is 11.7. The Morgan fingerprint density at radius 1 is 1.00 bits per heavy atom. The van der Waals surface area contributed by atoms with Crippen LogP contribution in [0.2, 0.25) is 0 Å². The molecule has 3 heterocycles. The highest BCUT2D eigenvalue weighted by Gasteiger charge is 2.31. The molecule has 0 saturated carbocycles.